The minimum atomic E-state index is 0.760. The molecule has 0 radical (unpaired) electrons. The van der Waals surface area contributed by atoms with Crippen LogP contribution >= 0.6 is 11.8 Å². The van der Waals surface area contributed by atoms with Crippen LogP contribution in [0, 0.1) is 5.92 Å². The highest BCUT2D eigenvalue weighted by Gasteiger charge is 2.20. The van der Waals surface area contributed by atoms with Gasteiger partial charge in [-0.15, -0.1) is 0 Å². The topological polar surface area (TPSA) is 30.7 Å². The molecule has 112 valence electrons. The second kappa shape index (κ2) is 6.13. The maximum absolute atomic E-state index is 4.86. The molecule has 1 aliphatic rings. The molecule has 1 aromatic carbocycles. The quantitative estimate of drug-likeness (QED) is 0.735. The van der Waals surface area contributed by atoms with Crippen LogP contribution in [-0.4, -0.2) is 26.0 Å². The summed E-state index contributed by atoms with van der Waals surface area (Å²) in [5.41, 5.74) is 3.32. The standard InChI is InChI=1S/C18H19N3S/c1-2-5-14(6-3-1)12-21-17(11-15-8-10-22-13-15)20-16-7-4-9-19-18(16)21/h1-7,9,15H,8,10-13H2. The lowest BCUT2D eigenvalue weighted by molar-refractivity contribution is 0.558. The van der Waals surface area contributed by atoms with Gasteiger partial charge in [0.2, 0.25) is 0 Å². The molecule has 1 fully saturated rings. The zero-order chi connectivity index (χ0) is 14.8. The van der Waals surface area contributed by atoms with Gasteiger partial charge in [0.15, 0.2) is 5.65 Å². The minimum absolute atomic E-state index is 0.760. The van der Waals surface area contributed by atoms with E-state index in [4.69, 9.17) is 4.98 Å². The summed E-state index contributed by atoms with van der Waals surface area (Å²) in [5.74, 6) is 4.51. The Morgan fingerprint density at radius 2 is 2.05 bits per heavy atom. The zero-order valence-corrected chi connectivity index (χ0v) is 13.3. The second-order valence-electron chi connectivity index (χ2n) is 5.88. The number of benzene rings is 1. The summed E-state index contributed by atoms with van der Waals surface area (Å²) in [6, 6.07) is 14.6. The van der Waals surface area contributed by atoms with Crippen molar-refractivity contribution in [2.75, 3.05) is 11.5 Å². The van der Waals surface area contributed by atoms with E-state index in [0.29, 0.717) is 0 Å². The first-order valence-electron chi connectivity index (χ1n) is 7.82. The Labute approximate surface area is 134 Å². The van der Waals surface area contributed by atoms with Gasteiger partial charge < -0.3 is 4.57 Å². The molecular weight excluding hydrogens is 290 g/mol. The van der Waals surface area contributed by atoms with Crippen molar-refractivity contribution in [1.29, 1.82) is 0 Å². The molecule has 3 aromatic rings. The Morgan fingerprint density at radius 3 is 2.86 bits per heavy atom. The molecule has 0 amide bonds. The van der Waals surface area contributed by atoms with Gasteiger partial charge in [-0.2, -0.15) is 11.8 Å². The number of hydrogen-bond donors (Lipinski definition) is 0. The van der Waals surface area contributed by atoms with Crippen molar-refractivity contribution in [3.63, 3.8) is 0 Å². The Hall–Kier alpha value is -1.81. The highest BCUT2D eigenvalue weighted by atomic mass is 32.2. The van der Waals surface area contributed by atoms with Crippen LogP contribution in [0.4, 0.5) is 0 Å². The van der Waals surface area contributed by atoms with E-state index >= 15 is 0 Å². The van der Waals surface area contributed by atoms with E-state index in [0.717, 1.165) is 30.0 Å². The fourth-order valence-electron chi connectivity index (χ4n) is 3.10. The van der Waals surface area contributed by atoms with E-state index in [1.54, 1.807) is 0 Å². The molecule has 0 bridgehead atoms. The van der Waals surface area contributed by atoms with Gasteiger partial charge >= 0.3 is 0 Å². The molecule has 0 N–H and O–H groups in total. The first-order valence-corrected chi connectivity index (χ1v) is 8.97. The molecule has 0 saturated carbocycles. The van der Waals surface area contributed by atoms with Crippen molar-refractivity contribution in [2.45, 2.75) is 19.4 Å². The van der Waals surface area contributed by atoms with E-state index in [1.807, 2.05) is 12.3 Å². The molecule has 1 unspecified atom stereocenters. The molecule has 4 heteroatoms. The number of fused-ring (bicyclic) bond motifs is 1. The monoisotopic (exact) mass is 309 g/mol. The average Bonchev–Trinajstić information content (AvgIpc) is 3.18. The predicted octanol–water partition coefficient (Wildman–Crippen LogP) is 3.78. The fraction of sp³-hybridized carbons (Fsp3) is 0.333. The van der Waals surface area contributed by atoms with Crippen LogP contribution in [0.1, 0.15) is 17.8 Å². The number of thioether (sulfide) groups is 1. The van der Waals surface area contributed by atoms with E-state index < -0.39 is 0 Å². The van der Waals surface area contributed by atoms with Crippen LogP contribution in [0.15, 0.2) is 48.7 Å². The molecule has 22 heavy (non-hydrogen) atoms. The van der Waals surface area contributed by atoms with Gasteiger partial charge in [-0.25, -0.2) is 9.97 Å². The van der Waals surface area contributed by atoms with Crippen molar-refractivity contribution >= 4 is 22.9 Å². The number of nitrogens with zero attached hydrogens (tertiary/aromatic N) is 3. The Kier molecular flexibility index (Phi) is 3.85. The predicted molar refractivity (Wildman–Crippen MR) is 92.2 cm³/mol. The van der Waals surface area contributed by atoms with Crippen molar-refractivity contribution in [1.82, 2.24) is 14.5 Å². The normalized spacial score (nSPS) is 18.1. The lowest BCUT2D eigenvalue weighted by Gasteiger charge is -2.11. The number of aromatic nitrogens is 3. The second-order valence-corrected chi connectivity index (χ2v) is 7.03. The number of rotatable bonds is 4. The van der Waals surface area contributed by atoms with E-state index in [-0.39, 0.29) is 0 Å². The summed E-state index contributed by atoms with van der Waals surface area (Å²) in [6.45, 7) is 0.851. The maximum atomic E-state index is 4.86. The van der Waals surface area contributed by atoms with E-state index in [1.165, 1.54) is 29.3 Å². The number of hydrogen-bond acceptors (Lipinski definition) is 3. The van der Waals surface area contributed by atoms with Crippen molar-refractivity contribution in [2.24, 2.45) is 5.92 Å². The lowest BCUT2D eigenvalue weighted by Crippen LogP contribution is -2.11. The van der Waals surface area contributed by atoms with Gasteiger partial charge in [-0.3, -0.25) is 0 Å². The molecule has 0 aliphatic carbocycles. The van der Waals surface area contributed by atoms with Crippen molar-refractivity contribution < 1.29 is 0 Å². The lowest BCUT2D eigenvalue weighted by atomic mass is 10.0. The van der Waals surface area contributed by atoms with Crippen LogP contribution in [0.3, 0.4) is 0 Å². The van der Waals surface area contributed by atoms with Crippen LogP contribution < -0.4 is 0 Å². The van der Waals surface area contributed by atoms with E-state index in [9.17, 15) is 0 Å². The largest absolute Gasteiger partial charge is 0.308 e. The highest BCUT2D eigenvalue weighted by Crippen LogP contribution is 2.27. The summed E-state index contributed by atoms with van der Waals surface area (Å²) in [4.78, 5) is 9.43. The third-order valence-corrected chi connectivity index (χ3v) is 5.49. The Morgan fingerprint density at radius 1 is 1.14 bits per heavy atom. The third-order valence-electron chi connectivity index (χ3n) is 4.26. The van der Waals surface area contributed by atoms with Gasteiger partial charge in [-0.05, 0) is 41.5 Å². The van der Waals surface area contributed by atoms with Gasteiger partial charge in [0, 0.05) is 12.6 Å². The molecule has 2 aromatic heterocycles. The first-order chi connectivity index (χ1) is 10.9. The average molecular weight is 309 g/mol. The number of imidazole rings is 1. The van der Waals surface area contributed by atoms with E-state index in [2.05, 4.69) is 57.7 Å². The molecule has 3 nitrogen and oxygen atoms in total. The molecule has 3 heterocycles. The highest BCUT2D eigenvalue weighted by molar-refractivity contribution is 7.99. The maximum Gasteiger partial charge on any atom is 0.160 e. The van der Waals surface area contributed by atoms with Crippen LogP contribution in [0.5, 0.6) is 0 Å². The number of pyridine rings is 1. The molecule has 4 rings (SSSR count). The molecule has 1 saturated heterocycles. The molecule has 1 aliphatic heterocycles. The minimum Gasteiger partial charge on any atom is -0.308 e. The Bertz CT molecular complexity index is 760. The fourth-order valence-corrected chi connectivity index (χ4v) is 4.38. The molecule has 0 spiro atoms. The summed E-state index contributed by atoms with van der Waals surface area (Å²) >= 11 is 2.07. The van der Waals surface area contributed by atoms with Crippen molar-refractivity contribution in [3.05, 3.63) is 60.0 Å². The van der Waals surface area contributed by atoms with Crippen LogP contribution in [0.2, 0.25) is 0 Å². The zero-order valence-electron chi connectivity index (χ0n) is 12.5. The third kappa shape index (κ3) is 2.75. The van der Waals surface area contributed by atoms with Crippen molar-refractivity contribution in [3.8, 4) is 0 Å². The van der Waals surface area contributed by atoms with Gasteiger partial charge in [-0.1, -0.05) is 30.3 Å². The molecule has 1 atom stereocenters. The van der Waals surface area contributed by atoms with Gasteiger partial charge in [0.25, 0.3) is 0 Å². The summed E-state index contributed by atoms with van der Waals surface area (Å²) in [7, 11) is 0. The van der Waals surface area contributed by atoms with Gasteiger partial charge in [0.1, 0.15) is 11.3 Å². The summed E-state index contributed by atoms with van der Waals surface area (Å²) < 4.78 is 2.30. The van der Waals surface area contributed by atoms with Crippen LogP contribution in [-0.2, 0) is 13.0 Å². The van der Waals surface area contributed by atoms with Gasteiger partial charge in [0.05, 0.1) is 6.54 Å². The molecular formula is C18H19N3S. The smallest absolute Gasteiger partial charge is 0.160 e. The first kappa shape index (κ1) is 13.8. The Balaban J connectivity index is 1.72. The summed E-state index contributed by atoms with van der Waals surface area (Å²) in [5, 5.41) is 0. The SMILES string of the molecule is c1ccc(Cn2c(CC3CCSC3)nc3cccnc32)cc1. The summed E-state index contributed by atoms with van der Waals surface area (Å²) in [6.07, 6.45) is 4.24. The van der Waals surface area contributed by atoms with Crippen LogP contribution in [0.25, 0.3) is 11.2 Å².